The van der Waals surface area contributed by atoms with E-state index in [-0.39, 0.29) is 18.7 Å². The number of fused-ring (bicyclic) bond motifs is 1. The lowest BCUT2D eigenvalue weighted by atomic mass is 10.0. The largest absolute Gasteiger partial charge is 0.481 e. The van der Waals surface area contributed by atoms with Crippen LogP contribution >= 0.6 is 11.6 Å². The van der Waals surface area contributed by atoms with Crippen LogP contribution in [0.5, 0.6) is 0 Å². The molecule has 0 radical (unpaired) electrons. The van der Waals surface area contributed by atoms with Gasteiger partial charge < -0.3 is 25.5 Å². The number of nitrogens with one attached hydrogen (secondary N) is 3. The Bertz CT molecular complexity index is 1450. The molecule has 3 heterocycles. The van der Waals surface area contributed by atoms with Crippen LogP contribution < -0.4 is 5.32 Å². The van der Waals surface area contributed by atoms with E-state index in [2.05, 4.69) is 15.3 Å². The fourth-order valence-electron chi connectivity index (χ4n) is 4.55. The summed E-state index contributed by atoms with van der Waals surface area (Å²) in [5.74, 6) is -1.82. The van der Waals surface area contributed by atoms with E-state index in [0.29, 0.717) is 29.1 Å². The second-order valence-electron chi connectivity index (χ2n) is 9.14. The molecule has 0 unspecified atom stereocenters. The van der Waals surface area contributed by atoms with Gasteiger partial charge in [0, 0.05) is 46.2 Å². The molecule has 3 aromatic rings. The average Bonchev–Trinajstić information content (AvgIpc) is 3.41. The first-order chi connectivity index (χ1) is 17.9. The summed E-state index contributed by atoms with van der Waals surface area (Å²) >= 11 is 6.04. The maximum Gasteiger partial charge on any atom is 0.303 e. The number of aliphatic carboxylic acids is 2. The normalized spacial score (nSPS) is 13.1. The lowest BCUT2D eigenvalue weighted by molar-refractivity contribution is -0.138. The Morgan fingerprint density at radius 1 is 0.895 bits per heavy atom. The molecule has 2 aromatic heterocycles. The van der Waals surface area contributed by atoms with E-state index in [1.54, 1.807) is 24.3 Å². The monoisotopic (exact) mass is 539 g/mol. The molecule has 1 amide bonds. The highest BCUT2D eigenvalue weighted by molar-refractivity contribution is 6.36. The van der Waals surface area contributed by atoms with Crippen molar-refractivity contribution in [1.82, 2.24) is 9.97 Å². The number of carbonyl (C=O) groups is 4. The quantitative estimate of drug-likeness (QED) is 0.194. The third-order valence-electron chi connectivity index (χ3n) is 6.61. The zero-order valence-electron chi connectivity index (χ0n) is 21.6. The highest BCUT2D eigenvalue weighted by Crippen LogP contribution is 2.35. The number of amides is 1. The van der Waals surface area contributed by atoms with Crippen molar-refractivity contribution in [3.8, 4) is 0 Å². The topological polar surface area (TPSA) is 152 Å². The van der Waals surface area contributed by atoms with Crippen molar-refractivity contribution in [3.63, 3.8) is 0 Å². The van der Waals surface area contributed by atoms with E-state index < -0.39 is 11.9 Å². The predicted octanol–water partition coefficient (Wildman–Crippen LogP) is 5.26. The summed E-state index contributed by atoms with van der Waals surface area (Å²) < 4.78 is 0. The van der Waals surface area contributed by atoms with Gasteiger partial charge in [0.25, 0.3) is 5.91 Å². The van der Waals surface area contributed by atoms with Crippen molar-refractivity contribution >= 4 is 53.1 Å². The molecule has 1 aromatic carbocycles. The van der Waals surface area contributed by atoms with Crippen LogP contribution in [0.25, 0.3) is 11.6 Å². The lowest BCUT2D eigenvalue weighted by Gasteiger charge is -2.01. The number of anilines is 1. The minimum absolute atomic E-state index is 0.0778. The SMILES string of the molecule is Cc1[nH]c(C=C2C(=O)Nc3ccc(Cl)cc32)c(C)c1CCC(=O)O.Cc1[nH]c(C=O)c(C)c1CCC(=O)O. The van der Waals surface area contributed by atoms with Crippen molar-refractivity contribution in [2.75, 3.05) is 5.32 Å². The number of halogens is 1. The number of carbonyl (C=O) groups excluding carboxylic acids is 2. The Labute approximate surface area is 224 Å². The van der Waals surface area contributed by atoms with Gasteiger partial charge in [-0.2, -0.15) is 0 Å². The van der Waals surface area contributed by atoms with Crippen molar-refractivity contribution in [2.24, 2.45) is 0 Å². The van der Waals surface area contributed by atoms with E-state index in [9.17, 15) is 19.2 Å². The molecule has 9 nitrogen and oxygen atoms in total. The van der Waals surface area contributed by atoms with Crippen LogP contribution in [0.4, 0.5) is 5.69 Å². The zero-order valence-corrected chi connectivity index (χ0v) is 22.4. The van der Waals surface area contributed by atoms with Gasteiger partial charge in [-0.15, -0.1) is 0 Å². The molecule has 200 valence electrons. The summed E-state index contributed by atoms with van der Waals surface area (Å²) in [5, 5.41) is 20.8. The van der Waals surface area contributed by atoms with Gasteiger partial charge in [0.2, 0.25) is 0 Å². The van der Waals surface area contributed by atoms with Gasteiger partial charge in [0.1, 0.15) is 0 Å². The van der Waals surface area contributed by atoms with Gasteiger partial charge in [-0.25, -0.2) is 0 Å². The summed E-state index contributed by atoms with van der Waals surface area (Å²) in [4.78, 5) is 50.2. The second-order valence-corrected chi connectivity index (χ2v) is 9.58. The molecule has 0 aliphatic carbocycles. The molecule has 5 N–H and O–H groups in total. The van der Waals surface area contributed by atoms with Crippen molar-refractivity contribution < 1.29 is 29.4 Å². The molecule has 0 spiro atoms. The molecule has 1 aliphatic rings. The first kappa shape index (κ1) is 28.5. The number of H-pyrrole nitrogens is 2. The number of aromatic amines is 2. The number of carboxylic acids is 2. The third-order valence-corrected chi connectivity index (χ3v) is 6.85. The number of hydrogen-bond donors (Lipinski definition) is 5. The minimum atomic E-state index is -0.825. The first-order valence-corrected chi connectivity index (χ1v) is 12.4. The molecule has 1 aliphatic heterocycles. The summed E-state index contributed by atoms with van der Waals surface area (Å²) in [5.41, 5.74) is 8.95. The molecular formula is C28H30ClN3O6. The van der Waals surface area contributed by atoms with Gasteiger partial charge >= 0.3 is 11.9 Å². The molecule has 10 heteroatoms. The number of hydrogen-bond acceptors (Lipinski definition) is 4. The van der Waals surface area contributed by atoms with Crippen LogP contribution in [0.15, 0.2) is 18.2 Å². The maximum atomic E-state index is 12.3. The van der Waals surface area contributed by atoms with Gasteiger partial charge in [-0.05, 0) is 87.1 Å². The number of aryl methyl sites for hydroxylation is 2. The molecule has 0 fully saturated rings. The van der Waals surface area contributed by atoms with Gasteiger partial charge in [-0.1, -0.05) is 11.6 Å². The van der Waals surface area contributed by atoms with E-state index in [4.69, 9.17) is 21.8 Å². The van der Waals surface area contributed by atoms with Crippen LogP contribution in [-0.2, 0) is 27.2 Å². The predicted molar refractivity (Wildman–Crippen MR) is 146 cm³/mol. The molecule has 4 rings (SSSR count). The number of aromatic nitrogens is 2. The van der Waals surface area contributed by atoms with Crippen LogP contribution in [0.1, 0.15) is 68.2 Å². The summed E-state index contributed by atoms with van der Waals surface area (Å²) in [6.07, 6.45) is 3.65. The molecule has 0 saturated heterocycles. The fraction of sp³-hybridized carbons (Fsp3) is 0.286. The van der Waals surface area contributed by atoms with Gasteiger partial charge in [0.15, 0.2) is 6.29 Å². The Morgan fingerprint density at radius 2 is 1.42 bits per heavy atom. The van der Waals surface area contributed by atoms with Crippen molar-refractivity contribution in [3.05, 3.63) is 73.8 Å². The van der Waals surface area contributed by atoms with Crippen LogP contribution in [-0.4, -0.2) is 44.3 Å². The van der Waals surface area contributed by atoms with Gasteiger partial charge in [-0.3, -0.25) is 19.2 Å². The van der Waals surface area contributed by atoms with Crippen LogP contribution in [0.3, 0.4) is 0 Å². The Hall–Kier alpha value is -4.11. The van der Waals surface area contributed by atoms with Crippen LogP contribution in [0.2, 0.25) is 5.02 Å². The lowest BCUT2D eigenvalue weighted by Crippen LogP contribution is -2.03. The smallest absolute Gasteiger partial charge is 0.303 e. The molecule has 0 atom stereocenters. The number of aldehydes is 1. The number of rotatable bonds is 8. The molecular weight excluding hydrogens is 510 g/mol. The van der Waals surface area contributed by atoms with E-state index in [1.807, 2.05) is 27.7 Å². The zero-order chi connectivity index (χ0) is 28.1. The van der Waals surface area contributed by atoms with E-state index in [0.717, 1.165) is 56.9 Å². The molecule has 0 bridgehead atoms. The second kappa shape index (κ2) is 12.0. The molecule has 0 saturated carbocycles. The Kier molecular flexibility index (Phi) is 8.96. The first-order valence-electron chi connectivity index (χ1n) is 12.0. The van der Waals surface area contributed by atoms with Crippen molar-refractivity contribution in [1.29, 1.82) is 0 Å². The van der Waals surface area contributed by atoms with Crippen LogP contribution in [0, 0.1) is 27.7 Å². The third kappa shape index (κ3) is 6.41. The maximum absolute atomic E-state index is 12.3. The fourth-order valence-corrected chi connectivity index (χ4v) is 4.73. The average molecular weight is 540 g/mol. The minimum Gasteiger partial charge on any atom is -0.481 e. The number of carboxylic acid groups (broad SMARTS) is 2. The summed E-state index contributed by atoms with van der Waals surface area (Å²) in [6, 6.07) is 5.27. The Balaban J connectivity index is 0.000000244. The highest BCUT2D eigenvalue weighted by atomic mass is 35.5. The van der Waals surface area contributed by atoms with E-state index in [1.165, 1.54) is 0 Å². The van der Waals surface area contributed by atoms with Crippen molar-refractivity contribution in [2.45, 2.75) is 53.4 Å². The summed E-state index contributed by atoms with van der Waals surface area (Å²) in [6.45, 7) is 7.51. The number of benzene rings is 1. The Morgan fingerprint density at radius 3 is 1.92 bits per heavy atom. The molecule has 38 heavy (non-hydrogen) atoms. The van der Waals surface area contributed by atoms with Gasteiger partial charge in [0.05, 0.1) is 11.3 Å². The highest BCUT2D eigenvalue weighted by Gasteiger charge is 2.25. The summed E-state index contributed by atoms with van der Waals surface area (Å²) in [7, 11) is 0. The standard InChI is InChI=1S/C18H17ClN2O3.C10H13NO3/c1-9-12(4-6-17(22)23)10(2)20-16(9)8-14-13-7-11(19)3-5-15(13)21-18(14)24;1-6-8(3-4-10(13)14)7(2)11-9(6)5-12/h3,5,7-8,20H,4,6H2,1-2H3,(H,21,24)(H,22,23);5,11H,3-4H2,1-2H3,(H,13,14). The van der Waals surface area contributed by atoms with E-state index >= 15 is 0 Å².